The van der Waals surface area contributed by atoms with Crippen molar-refractivity contribution in [2.45, 2.75) is 17.9 Å². The molecule has 1 rings (SSSR count). The van der Waals surface area contributed by atoms with Crippen LogP contribution in [0, 0.1) is 0 Å². The predicted molar refractivity (Wildman–Crippen MR) is 51.8 cm³/mol. The summed E-state index contributed by atoms with van der Waals surface area (Å²) in [6, 6.07) is 0.908. The molecule has 0 radical (unpaired) electrons. The Hall–Kier alpha value is -0.430. The van der Waals surface area contributed by atoms with Crippen molar-refractivity contribution in [3.8, 4) is 0 Å². The van der Waals surface area contributed by atoms with Gasteiger partial charge in [-0.3, -0.25) is 0 Å². The van der Waals surface area contributed by atoms with Crippen LogP contribution in [0.3, 0.4) is 0 Å². The molecule has 0 amide bonds. The highest BCUT2D eigenvalue weighted by atomic mass is 79.9. The van der Waals surface area contributed by atoms with E-state index in [0.717, 1.165) is 6.07 Å². The number of hydrogen-bond acceptors (Lipinski definition) is 1. The highest BCUT2D eigenvalue weighted by Crippen LogP contribution is 2.39. The lowest BCUT2D eigenvalue weighted by Gasteiger charge is -2.15. The number of rotatable bonds is 2. The average molecular weight is 324 g/mol. The highest BCUT2D eigenvalue weighted by molar-refractivity contribution is 9.08. The molecule has 0 saturated heterocycles. The number of halogens is 7. The Morgan fingerprint density at radius 3 is 2.31 bits per heavy atom. The first-order chi connectivity index (χ1) is 7.27. The van der Waals surface area contributed by atoms with Crippen molar-refractivity contribution in [3.63, 3.8) is 0 Å². The zero-order valence-electron chi connectivity index (χ0n) is 7.45. The van der Waals surface area contributed by atoms with Gasteiger partial charge in [0, 0.05) is 5.33 Å². The summed E-state index contributed by atoms with van der Waals surface area (Å²) in [6.07, 6.45) is -8.21. The van der Waals surface area contributed by atoms with Gasteiger partial charge >= 0.3 is 6.18 Å². The lowest BCUT2D eigenvalue weighted by molar-refractivity contribution is -0.140. The summed E-state index contributed by atoms with van der Waals surface area (Å²) in [5, 5.41) is -0.623. The van der Waals surface area contributed by atoms with Gasteiger partial charge in [-0.05, 0) is 11.6 Å². The second kappa shape index (κ2) is 4.83. The second-order valence-corrected chi connectivity index (χ2v) is 3.74. The fraction of sp³-hybridized carbons (Fsp3) is 0.375. The molecule has 1 heterocycles. The third-order valence-corrected chi connectivity index (χ3v) is 2.53. The van der Waals surface area contributed by atoms with Gasteiger partial charge in [-0.1, -0.05) is 27.5 Å². The Labute approximate surface area is 101 Å². The van der Waals surface area contributed by atoms with Crippen molar-refractivity contribution in [1.82, 2.24) is 4.98 Å². The van der Waals surface area contributed by atoms with E-state index < -0.39 is 29.0 Å². The van der Waals surface area contributed by atoms with Crippen LogP contribution in [0.4, 0.5) is 22.0 Å². The maximum absolute atomic E-state index is 12.6. The van der Waals surface area contributed by atoms with E-state index in [2.05, 4.69) is 20.9 Å². The van der Waals surface area contributed by atoms with Crippen LogP contribution >= 0.6 is 27.5 Å². The summed E-state index contributed by atoms with van der Waals surface area (Å²) in [6.45, 7) is 0. The first kappa shape index (κ1) is 13.6. The monoisotopic (exact) mass is 323 g/mol. The first-order valence-corrected chi connectivity index (χ1v) is 5.38. The minimum atomic E-state index is -4.88. The molecule has 1 aromatic heterocycles. The molecule has 0 bridgehead atoms. The number of alkyl halides is 6. The third-order valence-electron chi connectivity index (χ3n) is 1.73. The third kappa shape index (κ3) is 2.82. The normalized spacial score (nSPS) is 12.2. The summed E-state index contributed by atoms with van der Waals surface area (Å²) < 4.78 is 62.5. The van der Waals surface area contributed by atoms with Crippen molar-refractivity contribution in [2.24, 2.45) is 0 Å². The van der Waals surface area contributed by atoms with Gasteiger partial charge < -0.3 is 0 Å². The van der Waals surface area contributed by atoms with E-state index in [9.17, 15) is 22.0 Å². The van der Waals surface area contributed by atoms with E-state index in [1.54, 1.807) is 0 Å². The Morgan fingerprint density at radius 1 is 1.38 bits per heavy atom. The zero-order chi connectivity index (χ0) is 12.5. The lowest BCUT2D eigenvalue weighted by Crippen LogP contribution is -2.14. The van der Waals surface area contributed by atoms with Crippen LogP contribution in [0.15, 0.2) is 6.07 Å². The van der Waals surface area contributed by atoms with E-state index in [-0.39, 0.29) is 10.9 Å². The first-order valence-electron chi connectivity index (χ1n) is 3.88. The van der Waals surface area contributed by atoms with Crippen molar-refractivity contribution in [3.05, 3.63) is 28.0 Å². The molecule has 0 aromatic carbocycles. The van der Waals surface area contributed by atoms with Crippen LogP contribution in [0.5, 0.6) is 0 Å². The topological polar surface area (TPSA) is 12.9 Å². The van der Waals surface area contributed by atoms with Crippen molar-refractivity contribution in [1.29, 1.82) is 0 Å². The van der Waals surface area contributed by atoms with Gasteiger partial charge in [0.15, 0.2) is 0 Å². The fourth-order valence-electron chi connectivity index (χ4n) is 1.17. The molecule has 0 aliphatic carbocycles. The molecule has 0 fully saturated rings. The number of pyridine rings is 1. The molecule has 1 aromatic rings. The number of aromatic nitrogens is 1. The summed E-state index contributed by atoms with van der Waals surface area (Å²) in [4.78, 5) is 3.02. The molecule has 0 aliphatic heterocycles. The van der Waals surface area contributed by atoms with Gasteiger partial charge in [0.1, 0.15) is 10.8 Å². The molecule has 1 nitrogen and oxygen atoms in total. The largest absolute Gasteiger partial charge is 0.418 e. The second-order valence-electron chi connectivity index (χ2n) is 2.80. The zero-order valence-corrected chi connectivity index (χ0v) is 9.80. The van der Waals surface area contributed by atoms with Gasteiger partial charge in [-0.15, -0.1) is 0 Å². The summed E-state index contributed by atoms with van der Waals surface area (Å²) in [5.41, 5.74) is -3.12. The molecule has 0 N–H and O–H groups in total. The van der Waals surface area contributed by atoms with Crippen LogP contribution in [0.2, 0.25) is 5.15 Å². The quantitative estimate of drug-likeness (QED) is 0.440. The van der Waals surface area contributed by atoms with E-state index in [1.165, 1.54) is 0 Å². The molecule has 0 aliphatic rings. The SMILES string of the molecule is FC(F)c1nc(Cl)cc(CBr)c1C(F)(F)F. The molecule has 0 spiro atoms. The van der Waals surface area contributed by atoms with Crippen LogP contribution in [-0.4, -0.2) is 4.98 Å². The molecular weight excluding hydrogens is 320 g/mol. The molecule has 8 heteroatoms. The molecule has 0 atom stereocenters. The summed E-state index contributed by atoms with van der Waals surface area (Å²) >= 11 is 8.15. The van der Waals surface area contributed by atoms with E-state index in [0.29, 0.717) is 0 Å². The number of nitrogens with zero attached hydrogens (tertiary/aromatic N) is 1. The Balaban J connectivity index is 3.52. The minimum absolute atomic E-state index is 0.232. The Bertz CT molecular complexity index is 393. The average Bonchev–Trinajstić information content (AvgIpc) is 2.14. The molecule has 0 saturated carbocycles. The standard InChI is InChI=1S/C8H4BrClF5N/c9-2-3-1-4(10)16-6(7(11)12)5(3)8(13,14)15/h1,7H,2H2. The maximum atomic E-state index is 12.6. The molecule has 16 heavy (non-hydrogen) atoms. The smallest absolute Gasteiger partial charge is 0.234 e. The van der Waals surface area contributed by atoms with Gasteiger partial charge in [0.2, 0.25) is 0 Å². The van der Waals surface area contributed by atoms with Crippen molar-refractivity contribution in [2.75, 3.05) is 0 Å². The Morgan fingerprint density at radius 2 is 1.94 bits per heavy atom. The van der Waals surface area contributed by atoms with E-state index in [1.807, 2.05) is 0 Å². The maximum Gasteiger partial charge on any atom is 0.418 e. The van der Waals surface area contributed by atoms with Crippen LogP contribution in [0.1, 0.15) is 23.2 Å². The van der Waals surface area contributed by atoms with Gasteiger partial charge in [-0.2, -0.15) is 13.2 Å². The van der Waals surface area contributed by atoms with Crippen LogP contribution in [-0.2, 0) is 11.5 Å². The van der Waals surface area contributed by atoms with Gasteiger partial charge in [0.05, 0.1) is 5.56 Å². The molecular formula is C8H4BrClF5N. The molecule has 90 valence electrons. The van der Waals surface area contributed by atoms with E-state index >= 15 is 0 Å². The Kier molecular flexibility index (Phi) is 4.12. The van der Waals surface area contributed by atoms with E-state index in [4.69, 9.17) is 11.6 Å². The predicted octanol–water partition coefficient (Wildman–Crippen LogP) is 4.59. The van der Waals surface area contributed by atoms with Crippen molar-refractivity contribution >= 4 is 27.5 Å². The van der Waals surface area contributed by atoms with Crippen LogP contribution in [0.25, 0.3) is 0 Å². The molecule has 0 unspecified atom stereocenters. The van der Waals surface area contributed by atoms with Gasteiger partial charge in [0.25, 0.3) is 6.43 Å². The van der Waals surface area contributed by atoms with Crippen LogP contribution < -0.4 is 0 Å². The minimum Gasteiger partial charge on any atom is -0.234 e. The number of hydrogen-bond donors (Lipinski definition) is 0. The fourth-order valence-corrected chi connectivity index (χ4v) is 1.84. The van der Waals surface area contributed by atoms with Crippen molar-refractivity contribution < 1.29 is 22.0 Å². The summed E-state index contributed by atoms with van der Waals surface area (Å²) in [7, 11) is 0. The summed E-state index contributed by atoms with van der Waals surface area (Å²) in [5.74, 6) is 0. The highest BCUT2D eigenvalue weighted by Gasteiger charge is 2.39. The van der Waals surface area contributed by atoms with Gasteiger partial charge in [-0.25, -0.2) is 13.8 Å². The lowest BCUT2D eigenvalue weighted by atomic mass is 10.1.